The Labute approximate surface area is 87.3 Å². The van der Waals surface area contributed by atoms with Crippen LogP contribution in [0.25, 0.3) is 0 Å². The molecule has 0 aliphatic heterocycles. The SMILES string of the molecule is CCC(O)(C#CC(O)(CC)CC)CC. The molecule has 0 radical (unpaired) electrons. The summed E-state index contributed by atoms with van der Waals surface area (Å²) >= 11 is 0. The van der Waals surface area contributed by atoms with Gasteiger partial charge in [0.05, 0.1) is 0 Å². The molecule has 82 valence electrons. The molecular weight excluding hydrogens is 176 g/mol. The molecule has 0 amide bonds. The minimum atomic E-state index is -0.932. The molecule has 0 aliphatic carbocycles. The zero-order chi connectivity index (χ0) is 11.2. The van der Waals surface area contributed by atoms with Crippen molar-refractivity contribution in [2.75, 3.05) is 0 Å². The number of rotatable bonds is 4. The normalized spacial score (nSPS) is 12.1. The first-order chi connectivity index (χ1) is 6.45. The lowest BCUT2D eigenvalue weighted by molar-refractivity contribution is 0.0813. The summed E-state index contributed by atoms with van der Waals surface area (Å²) in [6, 6.07) is 0. The Hall–Kier alpha value is -0.520. The van der Waals surface area contributed by atoms with Gasteiger partial charge < -0.3 is 10.2 Å². The van der Waals surface area contributed by atoms with E-state index in [4.69, 9.17) is 0 Å². The van der Waals surface area contributed by atoms with E-state index in [1.165, 1.54) is 0 Å². The maximum atomic E-state index is 9.90. The molecule has 0 heterocycles. The predicted molar refractivity (Wildman–Crippen MR) is 58.8 cm³/mol. The summed E-state index contributed by atoms with van der Waals surface area (Å²) < 4.78 is 0. The van der Waals surface area contributed by atoms with Gasteiger partial charge in [-0.15, -0.1) is 0 Å². The lowest BCUT2D eigenvalue weighted by Gasteiger charge is -2.21. The Morgan fingerprint density at radius 1 is 0.714 bits per heavy atom. The molecule has 2 N–H and O–H groups in total. The molecule has 0 aliphatic rings. The van der Waals surface area contributed by atoms with Crippen molar-refractivity contribution < 1.29 is 10.2 Å². The third-order valence-corrected chi connectivity index (χ3v) is 2.87. The van der Waals surface area contributed by atoms with E-state index in [2.05, 4.69) is 11.8 Å². The van der Waals surface area contributed by atoms with Gasteiger partial charge in [-0.3, -0.25) is 0 Å². The summed E-state index contributed by atoms with van der Waals surface area (Å²) in [5.74, 6) is 5.59. The molecule has 0 spiro atoms. The van der Waals surface area contributed by atoms with Gasteiger partial charge in [0, 0.05) is 0 Å². The highest BCUT2D eigenvalue weighted by atomic mass is 16.3. The zero-order valence-electron chi connectivity index (χ0n) is 9.72. The third kappa shape index (κ3) is 3.69. The van der Waals surface area contributed by atoms with E-state index in [9.17, 15) is 10.2 Å². The summed E-state index contributed by atoms with van der Waals surface area (Å²) in [6.07, 6.45) is 2.39. The van der Waals surface area contributed by atoms with Gasteiger partial charge in [-0.25, -0.2) is 0 Å². The first-order valence-corrected chi connectivity index (χ1v) is 5.44. The van der Waals surface area contributed by atoms with Crippen LogP contribution in [-0.2, 0) is 0 Å². The molecule has 14 heavy (non-hydrogen) atoms. The lowest BCUT2D eigenvalue weighted by Crippen LogP contribution is -2.28. The van der Waals surface area contributed by atoms with Crippen LogP contribution in [0.15, 0.2) is 0 Å². The van der Waals surface area contributed by atoms with Crippen molar-refractivity contribution >= 4 is 0 Å². The molecule has 0 saturated carbocycles. The summed E-state index contributed by atoms with van der Waals surface area (Å²) in [4.78, 5) is 0. The van der Waals surface area contributed by atoms with Crippen LogP contribution in [0.3, 0.4) is 0 Å². The monoisotopic (exact) mass is 198 g/mol. The van der Waals surface area contributed by atoms with E-state index < -0.39 is 11.2 Å². The highest BCUT2D eigenvalue weighted by Gasteiger charge is 2.22. The van der Waals surface area contributed by atoms with Crippen molar-refractivity contribution in [3.8, 4) is 11.8 Å². The van der Waals surface area contributed by atoms with Gasteiger partial charge in [0.15, 0.2) is 0 Å². The van der Waals surface area contributed by atoms with E-state index in [0.29, 0.717) is 25.7 Å². The molecule has 2 heteroatoms. The van der Waals surface area contributed by atoms with E-state index >= 15 is 0 Å². The standard InChI is InChI=1S/C12H22O2/c1-5-11(13,6-2)9-10-12(14,7-3)8-4/h13-14H,5-8H2,1-4H3. The van der Waals surface area contributed by atoms with Crippen molar-refractivity contribution in [2.24, 2.45) is 0 Å². The first-order valence-electron chi connectivity index (χ1n) is 5.44. The minimum absolute atomic E-state index is 0.597. The average Bonchev–Trinajstić information content (AvgIpc) is 2.25. The molecule has 0 aromatic heterocycles. The smallest absolute Gasteiger partial charge is 0.125 e. The Balaban J connectivity index is 4.69. The molecule has 0 rings (SSSR count). The second kappa shape index (κ2) is 5.38. The molecular formula is C12H22O2. The number of aliphatic hydroxyl groups is 2. The maximum Gasteiger partial charge on any atom is 0.125 e. The molecule has 0 fully saturated rings. The fourth-order valence-corrected chi connectivity index (χ4v) is 1.09. The van der Waals surface area contributed by atoms with Crippen molar-refractivity contribution in [2.45, 2.75) is 64.6 Å². The Morgan fingerprint density at radius 2 is 0.929 bits per heavy atom. The van der Waals surface area contributed by atoms with E-state index in [1.807, 2.05) is 27.7 Å². The van der Waals surface area contributed by atoms with Gasteiger partial charge in [0.1, 0.15) is 11.2 Å². The van der Waals surface area contributed by atoms with Crippen molar-refractivity contribution in [1.82, 2.24) is 0 Å². The summed E-state index contributed by atoms with van der Waals surface area (Å²) in [5, 5.41) is 19.8. The van der Waals surface area contributed by atoms with Crippen molar-refractivity contribution in [3.63, 3.8) is 0 Å². The molecule has 0 aromatic rings. The van der Waals surface area contributed by atoms with Gasteiger partial charge in [0.25, 0.3) is 0 Å². The van der Waals surface area contributed by atoms with Crippen LogP contribution in [0.5, 0.6) is 0 Å². The summed E-state index contributed by atoms with van der Waals surface area (Å²) in [6.45, 7) is 7.59. The highest BCUT2D eigenvalue weighted by Crippen LogP contribution is 2.17. The molecule has 0 aromatic carbocycles. The molecule has 2 nitrogen and oxygen atoms in total. The minimum Gasteiger partial charge on any atom is -0.378 e. The van der Waals surface area contributed by atoms with Crippen LogP contribution in [0.1, 0.15) is 53.4 Å². The van der Waals surface area contributed by atoms with Gasteiger partial charge in [-0.05, 0) is 25.7 Å². The third-order valence-electron chi connectivity index (χ3n) is 2.87. The Kier molecular flexibility index (Phi) is 5.18. The van der Waals surface area contributed by atoms with Crippen LogP contribution in [0.4, 0.5) is 0 Å². The quantitative estimate of drug-likeness (QED) is 0.679. The molecule has 0 bridgehead atoms. The van der Waals surface area contributed by atoms with Gasteiger partial charge in [0.2, 0.25) is 0 Å². The van der Waals surface area contributed by atoms with Crippen LogP contribution in [0.2, 0.25) is 0 Å². The Bertz CT molecular complexity index is 192. The second-order valence-electron chi connectivity index (χ2n) is 3.73. The number of hydrogen-bond donors (Lipinski definition) is 2. The van der Waals surface area contributed by atoms with Crippen molar-refractivity contribution in [3.05, 3.63) is 0 Å². The predicted octanol–water partition coefficient (Wildman–Crippen LogP) is 2.09. The lowest BCUT2D eigenvalue weighted by atomic mass is 9.93. The van der Waals surface area contributed by atoms with Crippen LogP contribution < -0.4 is 0 Å². The van der Waals surface area contributed by atoms with E-state index in [0.717, 1.165) is 0 Å². The molecule has 0 unspecified atom stereocenters. The fraction of sp³-hybridized carbons (Fsp3) is 0.833. The van der Waals surface area contributed by atoms with Crippen LogP contribution in [-0.4, -0.2) is 21.4 Å². The van der Waals surface area contributed by atoms with Gasteiger partial charge in [-0.1, -0.05) is 39.5 Å². The average molecular weight is 198 g/mol. The second-order valence-corrected chi connectivity index (χ2v) is 3.73. The summed E-state index contributed by atoms with van der Waals surface area (Å²) in [7, 11) is 0. The molecule has 0 atom stereocenters. The number of hydrogen-bond acceptors (Lipinski definition) is 2. The van der Waals surface area contributed by atoms with Gasteiger partial charge >= 0.3 is 0 Å². The van der Waals surface area contributed by atoms with E-state index in [1.54, 1.807) is 0 Å². The maximum absolute atomic E-state index is 9.90. The molecule has 0 saturated heterocycles. The van der Waals surface area contributed by atoms with Crippen LogP contribution >= 0.6 is 0 Å². The Morgan fingerprint density at radius 3 is 1.07 bits per heavy atom. The van der Waals surface area contributed by atoms with Crippen molar-refractivity contribution in [1.29, 1.82) is 0 Å². The largest absolute Gasteiger partial charge is 0.378 e. The van der Waals surface area contributed by atoms with Gasteiger partial charge in [-0.2, -0.15) is 0 Å². The van der Waals surface area contributed by atoms with E-state index in [-0.39, 0.29) is 0 Å². The first kappa shape index (κ1) is 13.5. The zero-order valence-corrected chi connectivity index (χ0v) is 9.72. The highest BCUT2D eigenvalue weighted by molar-refractivity contribution is 5.20. The van der Waals surface area contributed by atoms with Crippen LogP contribution in [0, 0.1) is 11.8 Å². The fourth-order valence-electron chi connectivity index (χ4n) is 1.09. The summed E-state index contributed by atoms with van der Waals surface area (Å²) in [5.41, 5.74) is -1.86. The topological polar surface area (TPSA) is 40.5 Å².